The highest BCUT2D eigenvalue weighted by atomic mass is 35.5. The molecular formula is C20H27ClN2O2. The van der Waals surface area contributed by atoms with Crippen molar-refractivity contribution in [3.8, 4) is 5.75 Å². The number of nitrogens with zero attached hydrogens (tertiary/aromatic N) is 1. The summed E-state index contributed by atoms with van der Waals surface area (Å²) >= 11 is 0. The van der Waals surface area contributed by atoms with Crippen LogP contribution in [0.15, 0.2) is 36.4 Å². The SMILES string of the molecule is COc1ccc2cc(C(C)C(=O)N3CC(CN)CC3C)ccc2c1.Cl. The Bertz CT molecular complexity index is 750. The maximum Gasteiger partial charge on any atom is 0.230 e. The molecule has 1 heterocycles. The summed E-state index contributed by atoms with van der Waals surface area (Å²) in [6, 6.07) is 12.5. The fourth-order valence-corrected chi connectivity index (χ4v) is 3.65. The molecule has 3 rings (SSSR count). The molecule has 4 nitrogen and oxygen atoms in total. The minimum atomic E-state index is -0.143. The summed E-state index contributed by atoms with van der Waals surface area (Å²) in [5.74, 6) is 1.33. The van der Waals surface area contributed by atoms with Crippen molar-refractivity contribution in [2.24, 2.45) is 11.7 Å². The summed E-state index contributed by atoms with van der Waals surface area (Å²) < 4.78 is 5.27. The van der Waals surface area contributed by atoms with Gasteiger partial charge >= 0.3 is 0 Å². The number of carbonyl (C=O) groups is 1. The normalized spacial score (nSPS) is 21.0. The zero-order valence-corrected chi connectivity index (χ0v) is 15.9. The molecule has 0 radical (unpaired) electrons. The zero-order chi connectivity index (χ0) is 17.3. The number of ether oxygens (including phenoxy) is 1. The first-order valence-electron chi connectivity index (χ1n) is 8.61. The van der Waals surface area contributed by atoms with Crippen LogP contribution in [0.4, 0.5) is 0 Å². The fraction of sp³-hybridized carbons (Fsp3) is 0.450. The van der Waals surface area contributed by atoms with Crippen LogP contribution in [-0.4, -0.2) is 37.0 Å². The molecule has 1 fully saturated rings. The van der Waals surface area contributed by atoms with Crippen molar-refractivity contribution < 1.29 is 9.53 Å². The molecule has 5 heteroatoms. The first-order chi connectivity index (χ1) is 11.5. The van der Waals surface area contributed by atoms with Gasteiger partial charge in [-0.1, -0.05) is 24.3 Å². The maximum atomic E-state index is 12.9. The Labute approximate surface area is 155 Å². The molecule has 0 saturated carbocycles. The molecule has 1 aliphatic rings. The smallest absolute Gasteiger partial charge is 0.230 e. The van der Waals surface area contributed by atoms with Gasteiger partial charge in [0.15, 0.2) is 0 Å². The van der Waals surface area contributed by atoms with Crippen molar-refractivity contribution in [3.05, 3.63) is 42.0 Å². The summed E-state index contributed by atoms with van der Waals surface area (Å²) in [7, 11) is 1.67. The van der Waals surface area contributed by atoms with E-state index in [9.17, 15) is 4.79 Å². The lowest BCUT2D eigenvalue weighted by atomic mass is 9.96. The van der Waals surface area contributed by atoms with Crippen LogP contribution in [0, 0.1) is 5.92 Å². The third kappa shape index (κ3) is 3.91. The van der Waals surface area contributed by atoms with Gasteiger partial charge in [0, 0.05) is 12.6 Å². The van der Waals surface area contributed by atoms with E-state index in [1.165, 1.54) is 0 Å². The predicted octanol–water partition coefficient (Wildman–Crippen LogP) is 3.57. The summed E-state index contributed by atoms with van der Waals surface area (Å²) in [6.07, 6.45) is 1.01. The summed E-state index contributed by atoms with van der Waals surface area (Å²) in [6.45, 7) is 5.55. The number of benzene rings is 2. The van der Waals surface area contributed by atoms with E-state index in [1.807, 2.05) is 36.1 Å². The van der Waals surface area contributed by atoms with Gasteiger partial charge in [-0.3, -0.25) is 4.79 Å². The number of nitrogens with two attached hydrogens (primary N) is 1. The molecule has 0 bridgehead atoms. The second-order valence-electron chi connectivity index (χ2n) is 6.87. The van der Waals surface area contributed by atoms with Crippen molar-refractivity contribution in [1.29, 1.82) is 0 Å². The number of carbonyl (C=O) groups excluding carboxylic acids is 1. The van der Waals surface area contributed by atoms with Gasteiger partial charge in [-0.2, -0.15) is 0 Å². The quantitative estimate of drug-likeness (QED) is 0.904. The largest absolute Gasteiger partial charge is 0.497 e. The van der Waals surface area contributed by atoms with E-state index in [1.54, 1.807) is 7.11 Å². The second-order valence-corrected chi connectivity index (χ2v) is 6.87. The topological polar surface area (TPSA) is 55.6 Å². The molecule has 1 amide bonds. The van der Waals surface area contributed by atoms with Crippen LogP contribution >= 0.6 is 12.4 Å². The van der Waals surface area contributed by atoms with E-state index in [0.717, 1.165) is 35.1 Å². The first-order valence-corrected chi connectivity index (χ1v) is 8.61. The van der Waals surface area contributed by atoms with Gasteiger partial charge in [-0.15, -0.1) is 12.4 Å². The second kappa shape index (κ2) is 8.07. The lowest BCUT2D eigenvalue weighted by Crippen LogP contribution is -2.37. The molecule has 136 valence electrons. The van der Waals surface area contributed by atoms with E-state index >= 15 is 0 Å². The van der Waals surface area contributed by atoms with Gasteiger partial charge in [0.1, 0.15) is 5.75 Å². The Morgan fingerprint density at radius 3 is 2.60 bits per heavy atom. The third-order valence-corrected chi connectivity index (χ3v) is 5.22. The van der Waals surface area contributed by atoms with E-state index in [2.05, 4.69) is 19.1 Å². The van der Waals surface area contributed by atoms with Gasteiger partial charge in [-0.25, -0.2) is 0 Å². The average Bonchev–Trinajstić information content (AvgIpc) is 3.00. The van der Waals surface area contributed by atoms with E-state index in [0.29, 0.717) is 12.5 Å². The molecule has 2 aromatic carbocycles. The van der Waals surface area contributed by atoms with Crippen LogP contribution in [0.2, 0.25) is 0 Å². The Morgan fingerprint density at radius 1 is 1.28 bits per heavy atom. The van der Waals surface area contributed by atoms with Crippen LogP contribution < -0.4 is 10.5 Å². The molecule has 1 aliphatic heterocycles. The molecule has 1 saturated heterocycles. The number of hydrogen-bond acceptors (Lipinski definition) is 3. The van der Waals surface area contributed by atoms with Gasteiger partial charge in [0.25, 0.3) is 0 Å². The van der Waals surface area contributed by atoms with Gasteiger partial charge in [0.05, 0.1) is 13.0 Å². The highest BCUT2D eigenvalue weighted by molar-refractivity contribution is 5.88. The number of fused-ring (bicyclic) bond motifs is 1. The van der Waals surface area contributed by atoms with E-state index < -0.39 is 0 Å². The van der Waals surface area contributed by atoms with Crippen LogP contribution in [0.1, 0.15) is 31.7 Å². The van der Waals surface area contributed by atoms with Crippen molar-refractivity contribution in [3.63, 3.8) is 0 Å². The number of hydrogen-bond donors (Lipinski definition) is 1. The number of halogens is 1. The number of methoxy groups -OCH3 is 1. The third-order valence-electron chi connectivity index (χ3n) is 5.22. The molecule has 0 aromatic heterocycles. The number of likely N-dealkylation sites (tertiary alicyclic amines) is 1. The highest BCUT2D eigenvalue weighted by Crippen LogP contribution is 2.29. The fourth-order valence-electron chi connectivity index (χ4n) is 3.65. The standard InChI is InChI=1S/C20H26N2O2.ClH/c1-13-8-15(11-21)12-22(13)20(23)14(2)16-4-5-18-10-19(24-3)7-6-17(18)9-16;/h4-7,9-10,13-15H,8,11-12,21H2,1-3H3;1H. The monoisotopic (exact) mass is 362 g/mol. The zero-order valence-electron chi connectivity index (χ0n) is 15.1. The first kappa shape index (κ1) is 19.5. The Balaban J connectivity index is 0.00000225. The minimum absolute atomic E-state index is 0. The Hall–Kier alpha value is -1.78. The summed E-state index contributed by atoms with van der Waals surface area (Å²) in [5.41, 5.74) is 6.84. The van der Waals surface area contributed by atoms with Crippen LogP contribution in [0.5, 0.6) is 5.75 Å². The molecule has 3 unspecified atom stereocenters. The van der Waals surface area contributed by atoms with E-state index in [4.69, 9.17) is 10.5 Å². The van der Waals surface area contributed by atoms with Crippen molar-refractivity contribution in [2.45, 2.75) is 32.2 Å². The molecule has 2 N–H and O–H groups in total. The lowest BCUT2D eigenvalue weighted by Gasteiger charge is -2.25. The van der Waals surface area contributed by atoms with Crippen LogP contribution in [-0.2, 0) is 4.79 Å². The minimum Gasteiger partial charge on any atom is -0.497 e. The van der Waals surface area contributed by atoms with Crippen molar-refractivity contribution >= 4 is 29.1 Å². The van der Waals surface area contributed by atoms with Crippen LogP contribution in [0.25, 0.3) is 10.8 Å². The van der Waals surface area contributed by atoms with E-state index in [-0.39, 0.29) is 30.3 Å². The van der Waals surface area contributed by atoms with Crippen LogP contribution in [0.3, 0.4) is 0 Å². The average molecular weight is 363 g/mol. The van der Waals surface area contributed by atoms with Gasteiger partial charge in [-0.05, 0) is 61.2 Å². The number of rotatable bonds is 4. The van der Waals surface area contributed by atoms with Crippen molar-refractivity contribution in [1.82, 2.24) is 4.90 Å². The molecular weight excluding hydrogens is 336 g/mol. The molecule has 0 spiro atoms. The maximum absolute atomic E-state index is 12.9. The molecule has 2 aromatic rings. The molecule has 0 aliphatic carbocycles. The lowest BCUT2D eigenvalue weighted by molar-refractivity contribution is -0.133. The molecule has 3 atom stereocenters. The summed E-state index contributed by atoms with van der Waals surface area (Å²) in [5, 5.41) is 2.25. The highest BCUT2D eigenvalue weighted by Gasteiger charge is 2.34. The Morgan fingerprint density at radius 2 is 1.96 bits per heavy atom. The predicted molar refractivity (Wildman–Crippen MR) is 104 cm³/mol. The van der Waals surface area contributed by atoms with Gasteiger partial charge < -0.3 is 15.4 Å². The summed E-state index contributed by atoms with van der Waals surface area (Å²) in [4.78, 5) is 14.9. The van der Waals surface area contributed by atoms with Crippen molar-refractivity contribution in [2.75, 3.05) is 20.2 Å². The molecule has 25 heavy (non-hydrogen) atoms. The Kier molecular flexibility index (Phi) is 6.31. The number of amides is 1. The van der Waals surface area contributed by atoms with Gasteiger partial charge in [0.2, 0.25) is 5.91 Å².